The van der Waals surface area contributed by atoms with Crippen molar-refractivity contribution in [2.75, 3.05) is 24.7 Å². The van der Waals surface area contributed by atoms with Gasteiger partial charge in [0, 0.05) is 0 Å². The van der Waals surface area contributed by atoms with Crippen LogP contribution in [0.25, 0.3) is 22.3 Å². The summed E-state index contributed by atoms with van der Waals surface area (Å²) < 4.78 is 83.4. The molecule has 7 heterocycles. The van der Waals surface area contributed by atoms with E-state index in [1.807, 2.05) is 0 Å². The number of anilines is 2. The van der Waals surface area contributed by atoms with Crippen LogP contribution < -0.4 is 26.9 Å². The molecule has 10 atom stereocenters. The first-order chi connectivity index (χ1) is 21.5. The lowest BCUT2D eigenvalue weighted by molar-refractivity contribution is -0.0373. The molecule has 2 unspecified atom stereocenters. The summed E-state index contributed by atoms with van der Waals surface area (Å²) in [5, 5.41) is 15.9. The number of hydrogen-bond donors (Lipinski definition) is 7. The van der Waals surface area contributed by atoms with Gasteiger partial charge in [-0.3, -0.25) is 18.2 Å². The Balaban J connectivity index is 1.18. The summed E-state index contributed by atoms with van der Waals surface area (Å²) in [5.41, 5.74) is 12.2. The smallest absolute Gasteiger partial charge is 0.382 e. The second-order valence-electron chi connectivity index (χ2n) is 10.3. The Morgan fingerprint density at radius 1 is 0.822 bits per heavy atom. The fraction of sp³-hybridized carbons (Fsp3) is 0.500. The summed E-state index contributed by atoms with van der Waals surface area (Å²) in [6.45, 7) is -1.51. The number of nitrogens with two attached hydrogens (primary N) is 2. The van der Waals surface area contributed by atoms with Crippen molar-refractivity contribution in [3.8, 4) is 0 Å². The predicted molar refractivity (Wildman–Crippen MR) is 145 cm³/mol. The van der Waals surface area contributed by atoms with Gasteiger partial charge in [-0.05, 0) is 0 Å². The van der Waals surface area contributed by atoms with E-state index in [9.17, 15) is 19.2 Å². The van der Waals surface area contributed by atoms with Crippen molar-refractivity contribution in [2.45, 2.75) is 49.1 Å². The van der Waals surface area contributed by atoms with Gasteiger partial charge in [0.1, 0.15) is 35.9 Å². The van der Waals surface area contributed by atoms with Crippen molar-refractivity contribution in [2.24, 2.45) is 0 Å². The van der Waals surface area contributed by atoms with Gasteiger partial charge in [0.05, 0.1) is 38.0 Å². The third-order valence-electron chi connectivity index (χ3n) is 7.58. The summed E-state index contributed by atoms with van der Waals surface area (Å²) >= 11 is 0. The van der Waals surface area contributed by atoms with Gasteiger partial charge in [-0.15, -0.1) is 5.25 Å². The Kier molecular flexibility index (Phi) is 7.53. The first kappa shape index (κ1) is 30.3. The van der Waals surface area contributed by atoms with Gasteiger partial charge < -0.3 is 35.6 Å². The molecule has 0 aromatic carbocycles. The lowest BCUT2D eigenvalue weighted by atomic mass is 10.1. The van der Waals surface area contributed by atoms with Crippen LogP contribution in [0.4, 0.5) is 20.4 Å². The lowest BCUT2D eigenvalue weighted by Gasteiger charge is -2.29. The molecule has 0 radical (unpaired) electrons. The molecule has 9 N–H and O–H groups in total. The number of hydrogen-bond acceptors (Lipinski definition) is 15. The lowest BCUT2D eigenvalue weighted by Crippen LogP contribution is -2.47. The zero-order valence-electron chi connectivity index (χ0n) is 22.6. The largest absolute Gasteiger partial charge is 0.403 e. The van der Waals surface area contributed by atoms with Crippen molar-refractivity contribution in [1.82, 2.24) is 54.5 Å². The summed E-state index contributed by atoms with van der Waals surface area (Å²) in [7, 11) is -9.40. The van der Waals surface area contributed by atoms with Gasteiger partial charge in [-0.1, -0.05) is 0 Å². The van der Waals surface area contributed by atoms with Crippen LogP contribution in [0.1, 0.15) is 12.5 Å². The minimum absolute atomic E-state index is 0.0224. The second kappa shape index (κ2) is 11.2. The van der Waals surface area contributed by atoms with Gasteiger partial charge >= 0.3 is 15.4 Å². The molecule has 4 aromatic rings. The molecule has 3 fully saturated rings. The van der Waals surface area contributed by atoms with Crippen LogP contribution >= 0.6 is 15.4 Å². The van der Waals surface area contributed by atoms with Gasteiger partial charge in [-0.2, -0.15) is 0 Å². The molecule has 21 nitrogen and oxygen atoms in total. The summed E-state index contributed by atoms with van der Waals surface area (Å²) in [5.74, 6) is 0.0452. The number of alkyl halides is 2. The number of aromatic nitrogens is 8. The molecule has 242 valence electrons. The highest BCUT2D eigenvalue weighted by atomic mass is 31.2. The predicted octanol–water partition coefficient (Wildman–Crippen LogP) is -0.548. The summed E-state index contributed by atoms with van der Waals surface area (Å²) in [6, 6.07) is -3.17. The molecular formula is C20H25F2N13O8P2. The molecular weight excluding hydrogens is 650 g/mol. The van der Waals surface area contributed by atoms with Crippen LogP contribution in [-0.4, -0.2) is 99.0 Å². The molecule has 3 aliphatic rings. The van der Waals surface area contributed by atoms with Crippen molar-refractivity contribution >= 4 is 49.4 Å². The molecule has 0 aliphatic carbocycles. The number of ether oxygens (including phenoxy) is 2. The number of nitrogens with zero attached hydrogens (tertiary/aromatic N) is 8. The first-order valence-electron chi connectivity index (χ1n) is 13.1. The maximum absolute atomic E-state index is 16.0. The van der Waals surface area contributed by atoms with Crippen LogP contribution in [0.3, 0.4) is 0 Å². The average Bonchev–Trinajstić information content (AvgIpc) is 3.77. The quantitative estimate of drug-likeness (QED) is 0.106. The molecule has 7 rings (SSSR count). The number of nitrogen functional groups attached to an aromatic ring is 2. The van der Waals surface area contributed by atoms with Gasteiger partial charge in [0.2, 0.25) is 0 Å². The molecule has 0 spiro atoms. The molecule has 0 saturated carbocycles. The van der Waals surface area contributed by atoms with E-state index >= 15 is 8.78 Å². The zero-order valence-corrected chi connectivity index (χ0v) is 24.4. The Bertz CT molecular complexity index is 1850. The summed E-state index contributed by atoms with van der Waals surface area (Å²) in [4.78, 5) is 34.6. The minimum atomic E-state index is -4.86. The van der Waals surface area contributed by atoms with E-state index < -0.39 is 77.7 Å². The average molecular weight is 675 g/mol. The molecule has 3 aliphatic heterocycles. The van der Waals surface area contributed by atoms with E-state index in [4.69, 9.17) is 30.0 Å². The highest BCUT2D eigenvalue weighted by Crippen LogP contribution is 2.48. The van der Waals surface area contributed by atoms with Crippen LogP contribution in [0.2, 0.25) is 0 Å². The fourth-order valence-electron chi connectivity index (χ4n) is 5.46. The maximum Gasteiger partial charge on any atom is 0.403 e. The Hall–Kier alpha value is -3.34. The number of halogens is 2. The normalized spacial score (nSPS) is 37.7. The highest BCUT2D eigenvalue weighted by molar-refractivity contribution is 7.54. The van der Waals surface area contributed by atoms with Gasteiger partial charge in [0.25, 0.3) is 0 Å². The zero-order chi connectivity index (χ0) is 31.7. The molecule has 3 saturated heterocycles. The van der Waals surface area contributed by atoms with Crippen LogP contribution in [0, 0.1) is 0 Å². The highest BCUT2D eigenvalue weighted by Gasteiger charge is 2.53. The third-order valence-corrected chi connectivity index (χ3v) is 10.1. The third kappa shape index (κ3) is 5.24. The number of imidazole rings is 2. The van der Waals surface area contributed by atoms with Gasteiger partial charge in [0.15, 0.2) is 47.7 Å². The van der Waals surface area contributed by atoms with Crippen LogP contribution in [-0.2, 0) is 27.7 Å². The Morgan fingerprint density at radius 3 is 1.82 bits per heavy atom. The van der Waals surface area contributed by atoms with E-state index in [1.54, 1.807) is 0 Å². The fourth-order valence-corrected chi connectivity index (χ4v) is 7.81. The van der Waals surface area contributed by atoms with E-state index in [0.29, 0.717) is 0 Å². The van der Waals surface area contributed by atoms with E-state index in [1.165, 1.54) is 27.0 Å². The minimum Gasteiger partial charge on any atom is -0.382 e. The maximum atomic E-state index is 16.0. The second-order valence-corrected chi connectivity index (χ2v) is 13.6. The molecule has 25 heteroatoms. The Labute approximate surface area is 249 Å². The van der Waals surface area contributed by atoms with E-state index in [-0.39, 0.29) is 34.0 Å². The van der Waals surface area contributed by atoms with Gasteiger partial charge in [-0.25, -0.2) is 53.4 Å². The number of fused-ring (bicyclic) bond motifs is 4. The van der Waals surface area contributed by atoms with Crippen LogP contribution in [0.15, 0.2) is 25.3 Å². The first-order valence-corrected chi connectivity index (χ1v) is 16.3. The van der Waals surface area contributed by atoms with Crippen LogP contribution in [0.5, 0.6) is 0 Å². The standard InChI is InChI=1S/C20H25F2N13O8P2/c21-9-11-8(43-19(9)34-5-29-13-15(23)25-3-27-17(13)34)2-41-45(38,39)32-12-7(1-40-44(37,31-11)33-36)42-20(10(12)22)35-6-30-14-16(24)26-4-28-18(14)35/h3-12,19-20,36H,1-2H2,(H2,23,25,27)(H2,24,26,28)(H2,31,33,37)(H2,32,38,39)/t7-,8-,9-,10-,11-,12-,19-,20-,44?/m1/s1. The SMILES string of the molecule is Nc1ncnc2c1ncn2[C@@H]1O[C@@H]2COP(=O)(NO)N[C@H]3[C@@H](F)[C@H](n4cnc5c(N)ncnc54)O[C@@H]3COP(=O)(O)N[C@H]2[C@H]1F. The van der Waals surface area contributed by atoms with Crippen molar-refractivity contribution in [1.29, 1.82) is 0 Å². The van der Waals surface area contributed by atoms with E-state index in [0.717, 1.165) is 12.7 Å². The van der Waals surface area contributed by atoms with E-state index in [2.05, 4.69) is 40.1 Å². The molecule has 4 aromatic heterocycles. The molecule has 0 bridgehead atoms. The number of nitrogens with one attached hydrogen (secondary N) is 3. The monoisotopic (exact) mass is 675 g/mol. The van der Waals surface area contributed by atoms with Crippen molar-refractivity contribution in [3.63, 3.8) is 0 Å². The topological polar surface area (TPSA) is 287 Å². The van der Waals surface area contributed by atoms with Crippen molar-refractivity contribution < 1.29 is 46.5 Å². The Morgan fingerprint density at radius 2 is 1.31 bits per heavy atom. The number of rotatable bonds is 3. The summed E-state index contributed by atoms with van der Waals surface area (Å²) in [6.07, 6.45) is -5.26. The molecule has 45 heavy (non-hydrogen) atoms. The van der Waals surface area contributed by atoms with Crippen molar-refractivity contribution in [3.05, 3.63) is 25.3 Å². The molecule has 0 amide bonds.